The van der Waals surface area contributed by atoms with Gasteiger partial charge in [0.2, 0.25) is 5.91 Å². The summed E-state index contributed by atoms with van der Waals surface area (Å²) >= 11 is 0. The van der Waals surface area contributed by atoms with Gasteiger partial charge in [-0.25, -0.2) is 0 Å². The zero-order valence-electron chi connectivity index (χ0n) is 17.6. The molecule has 1 aromatic heterocycles. The highest BCUT2D eigenvalue weighted by Crippen LogP contribution is 2.23. The van der Waals surface area contributed by atoms with E-state index in [2.05, 4.69) is 30.5 Å². The first-order chi connectivity index (χ1) is 14.0. The molecule has 1 aromatic carbocycles. The Balaban J connectivity index is 1.34. The molecule has 2 fully saturated rings. The second-order valence-corrected chi connectivity index (χ2v) is 8.53. The first-order valence-corrected chi connectivity index (χ1v) is 10.9. The largest absolute Gasteiger partial charge is 0.342 e. The molecular weight excluding hydrogens is 362 g/mol. The van der Waals surface area contributed by atoms with Gasteiger partial charge in [0, 0.05) is 55.2 Å². The van der Waals surface area contributed by atoms with Crippen molar-refractivity contribution in [2.45, 2.75) is 46.0 Å². The fourth-order valence-electron chi connectivity index (χ4n) is 4.70. The molecule has 0 unspecified atom stereocenters. The molecule has 0 aliphatic carbocycles. The molecule has 2 aromatic rings. The summed E-state index contributed by atoms with van der Waals surface area (Å²) in [4.78, 5) is 29.0. The first-order valence-electron chi connectivity index (χ1n) is 10.9. The maximum absolute atomic E-state index is 12.9. The van der Waals surface area contributed by atoms with Gasteiger partial charge in [-0.1, -0.05) is 0 Å². The molecule has 29 heavy (non-hydrogen) atoms. The third-order valence-electron chi connectivity index (χ3n) is 6.45. The van der Waals surface area contributed by atoms with Crippen LogP contribution < -0.4 is 0 Å². The summed E-state index contributed by atoms with van der Waals surface area (Å²) in [6, 6.07) is 12.2. The predicted octanol–water partition coefficient (Wildman–Crippen LogP) is 3.96. The Bertz CT molecular complexity index is 857. The number of aromatic nitrogens is 1. The van der Waals surface area contributed by atoms with Crippen LogP contribution in [0.3, 0.4) is 0 Å². The second-order valence-electron chi connectivity index (χ2n) is 8.53. The van der Waals surface area contributed by atoms with Gasteiger partial charge in [-0.3, -0.25) is 9.59 Å². The van der Waals surface area contributed by atoms with E-state index in [4.69, 9.17) is 0 Å². The van der Waals surface area contributed by atoms with Crippen LogP contribution in [0.4, 0.5) is 0 Å². The van der Waals surface area contributed by atoms with Crippen molar-refractivity contribution >= 4 is 11.8 Å². The lowest BCUT2D eigenvalue weighted by Crippen LogP contribution is -2.44. The van der Waals surface area contributed by atoms with E-state index >= 15 is 0 Å². The molecule has 2 aliphatic heterocycles. The topological polar surface area (TPSA) is 45.6 Å². The number of nitrogens with zero attached hydrogens (tertiary/aromatic N) is 3. The smallest absolute Gasteiger partial charge is 0.253 e. The van der Waals surface area contributed by atoms with E-state index in [1.54, 1.807) is 0 Å². The number of carbonyl (C=O) groups is 2. The highest BCUT2D eigenvalue weighted by molar-refractivity contribution is 5.94. The second kappa shape index (κ2) is 8.44. The summed E-state index contributed by atoms with van der Waals surface area (Å²) in [6.45, 7) is 7.52. The maximum atomic E-state index is 12.9. The van der Waals surface area contributed by atoms with Crippen LogP contribution in [-0.4, -0.2) is 52.4 Å². The number of carbonyl (C=O) groups excluding carboxylic acids is 2. The van der Waals surface area contributed by atoms with Crippen molar-refractivity contribution in [1.29, 1.82) is 0 Å². The van der Waals surface area contributed by atoms with E-state index < -0.39 is 0 Å². The molecule has 3 heterocycles. The normalized spacial score (nSPS) is 18.3. The lowest BCUT2D eigenvalue weighted by Gasteiger charge is -2.36. The van der Waals surface area contributed by atoms with E-state index in [1.807, 2.05) is 34.1 Å². The summed E-state index contributed by atoms with van der Waals surface area (Å²) in [6.07, 6.45) is 4.83. The molecule has 0 N–H and O–H groups in total. The molecule has 0 spiro atoms. The number of rotatable bonds is 4. The van der Waals surface area contributed by atoms with Crippen molar-refractivity contribution in [3.05, 3.63) is 53.3 Å². The van der Waals surface area contributed by atoms with Crippen molar-refractivity contribution < 1.29 is 9.59 Å². The van der Waals surface area contributed by atoms with E-state index in [0.29, 0.717) is 18.2 Å². The van der Waals surface area contributed by atoms with Gasteiger partial charge in [-0.15, -0.1) is 0 Å². The van der Waals surface area contributed by atoms with Crippen molar-refractivity contribution in [2.75, 3.05) is 26.2 Å². The van der Waals surface area contributed by atoms with Crippen LogP contribution in [0.15, 0.2) is 36.4 Å². The highest BCUT2D eigenvalue weighted by Gasteiger charge is 2.27. The SMILES string of the molecule is Cc1ccc(C)n1-c1ccc(C(=O)N2CCC(CN3CCCCC3=O)CC2)cc1. The van der Waals surface area contributed by atoms with Crippen molar-refractivity contribution in [3.63, 3.8) is 0 Å². The predicted molar refractivity (Wildman–Crippen MR) is 114 cm³/mol. The first kappa shape index (κ1) is 19.7. The molecule has 0 bridgehead atoms. The number of hydrogen-bond donors (Lipinski definition) is 0. The Morgan fingerprint density at radius 1 is 0.931 bits per heavy atom. The average Bonchev–Trinajstić information content (AvgIpc) is 3.08. The molecule has 5 heteroatoms. The lowest BCUT2D eigenvalue weighted by molar-refractivity contribution is -0.134. The van der Waals surface area contributed by atoms with Crippen molar-refractivity contribution in [3.8, 4) is 5.69 Å². The Morgan fingerprint density at radius 2 is 1.59 bits per heavy atom. The monoisotopic (exact) mass is 393 g/mol. The lowest BCUT2D eigenvalue weighted by atomic mass is 9.94. The van der Waals surface area contributed by atoms with Crippen LogP contribution >= 0.6 is 0 Å². The maximum Gasteiger partial charge on any atom is 0.253 e. The number of hydrogen-bond acceptors (Lipinski definition) is 2. The molecular formula is C24H31N3O2. The number of benzene rings is 1. The quantitative estimate of drug-likeness (QED) is 0.789. The van der Waals surface area contributed by atoms with Gasteiger partial charge in [0.1, 0.15) is 0 Å². The average molecular weight is 394 g/mol. The van der Waals surface area contributed by atoms with Gasteiger partial charge in [0.05, 0.1) is 0 Å². The Kier molecular flexibility index (Phi) is 5.74. The van der Waals surface area contributed by atoms with E-state index in [1.165, 1.54) is 11.4 Å². The standard InChI is InChI=1S/C24H31N3O2/c1-18-6-7-19(2)27(18)22-10-8-21(9-11-22)24(29)25-15-12-20(13-16-25)17-26-14-4-3-5-23(26)28/h6-11,20H,3-5,12-17H2,1-2H3. The number of amides is 2. The van der Waals surface area contributed by atoms with Crippen LogP contribution in [-0.2, 0) is 4.79 Å². The molecule has 0 atom stereocenters. The fraction of sp³-hybridized carbons (Fsp3) is 0.500. The fourth-order valence-corrected chi connectivity index (χ4v) is 4.70. The van der Waals surface area contributed by atoms with Gasteiger partial charge in [-0.2, -0.15) is 0 Å². The zero-order chi connectivity index (χ0) is 20.4. The third-order valence-corrected chi connectivity index (χ3v) is 6.45. The summed E-state index contributed by atoms with van der Waals surface area (Å²) in [5, 5.41) is 0. The Hall–Kier alpha value is -2.56. The van der Waals surface area contributed by atoms with Crippen LogP contribution in [0.1, 0.15) is 53.8 Å². The van der Waals surface area contributed by atoms with E-state index in [0.717, 1.165) is 63.1 Å². The molecule has 2 amide bonds. The minimum absolute atomic E-state index is 0.116. The summed E-state index contributed by atoms with van der Waals surface area (Å²) in [7, 11) is 0. The molecule has 2 aliphatic rings. The van der Waals surface area contributed by atoms with Gasteiger partial charge < -0.3 is 14.4 Å². The summed E-state index contributed by atoms with van der Waals surface area (Å²) in [5.74, 6) is 0.941. The van der Waals surface area contributed by atoms with Crippen LogP contribution in [0, 0.1) is 19.8 Å². The summed E-state index contributed by atoms with van der Waals surface area (Å²) < 4.78 is 2.20. The molecule has 0 saturated carbocycles. The molecule has 4 rings (SSSR count). The number of piperidine rings is 2. The Morgan fingerprint density at radius 3 is 2.21 bits per heavy atom. The van der Waals surface area contributed by atoms with Crippen molar-refractivity contribution in [1.82, 2.24) is 14.4 Å². The Labute approximate surface area is 173 Å². The molecule has 2 saturated heterocycles. The van der Waals surface area contributed by atoms with Crippen LogP contribution in [0.2, 0.25) is 0 Å². The number of likely N-dealkylation sites (tertiary alicyclic amines) is 2. The summed E-state index contributed by atoms with van der Waals surface area (Å²) in [5.41, 5.74) is 4.22. The molecule has 154 valence electrons. The zero-order valence-corrected chi connectivity index (χ0v) is 17.6. The third kappa shape index (κ3) is 4.24. The van der Waals surface area contributed by atoms with Crippen LogP contribution in [0.5, 0.6) is 0 Å². The molecule has 0 radical (unpaired) electrons. The van der Waals surface area contributed by atoms with Gasteiger partial charge in [0.15, 0.2) is 0 Å². The molecule has 5 nitrogen and oxygen atoms in total. The van der Waals surface area contributed by atoms with E-state index in [9.17, 15) is 9.59 Å². The van der Waals surface area contributed by atoms with Gasteiger partial charge in [-0.05, 0) is 81.8 Å². The minimum Gasteiger partial charge on any atom is -0.342 e. The number of aryl methyl sites for hydroxylation is 2. The van der Waals surface area contributed by atoms with Gasteiger partial charge >= 0.3 is 0 Å². The van der Waals surface area contributed by atoms with Gasteiger partial charge in [0.25, 0.3) is 5.91 Å². The van der Waals surface area contributed by atoms with E-state index in [-0.39, 0.29) is 5.91 Å². The minimum atomic E-state index is 0.116. The van der Waals surface area contributed by atoms with Crippen LogP contribution in [0.25, 0.3) is 5.69 Å². The van der Waals surface area contributed by atoms with Crippen molar-refractivity contribution in [2.24, 2.45) is 5.92 Å². The highest BCUT2D eigenvalue weighted by atomic mass is 16.2.